The minimum absolute atomic E-state index is 0.577. The second kappa shape index (κ2) is 4.44. The number of fused-ring (bicyclic) bond motifs is 1. The summed E-state index contributed by atoms with van der Waals surface area (Å²) in [5.74, 6) is 0.609. The zero-order valence-corrected chi connectivity index (χ0v) is 9.92. The predicted octanol–water partition coefficient (Wildman–Crippen LogP) is 2.42. The lowest BCUT2D eigenvalue weighted by molar-refractivity contribution is 0.328. The molecule has 5 heteroatoms. The van der Waals surface area contributed by atoms with Gasteiger partial charge in [-0.25, -0.2) is 9.97 Å². The summed E-state index contributed by atoms with van der Waals surface area (Å²) in [4.78, 5) is 15.8. The van der Waals surface area contributed by atoms with Gasteiger partial charge in [0.25, 0.3) is 0 Å². The van der Waals surface area contributed by atoms with Crippen LogP contribution in [0.15, 0.2) is 37.1 Å². The summed E-state index contributed by atoms with van der Waals surface area (Å²) in [5, 5.41) is 0. The Morgan fingerprint density at radius 3 is 3.06 bits per heavy atom. The number of imidazole rings is 1. The fraction of sp³-hybridized carbons (Fsp3) is 0.154. The van der Waals surface area contributed by atoms with Gasteiger partial charge in [0.1, 0.15) is 0 Å². The summed E-state index contributed by atoms with van der Waals surface area (Å²) in [5.41, 5.74) is 3.60. The van der Waals surface area contributed by atoms with Crippen molar-refractivity contribution >= 4 is 11.0 Å². The Balaban J connectivity index is 2.23. The third-order valence-electron chi connectivity index (χ3n) is 2.67. The van der Waals surface area contributed by atoms with E-state index in [1.807, 2.05) is 19.1 Å². The molecule has 3 aromatic heterocycles. The highest BCUT2D eigenvalue weighted by Gasteiger charge is 2.12. The molecule has 1 N–H and O–H groups in total. The number of nitrogens with one attached hydrogen (secondary N) is 1. The minimum Gasteiger partial charge on any atom is -0.478 e. The third kappa shape index (κ3) is 1.69. The van der Waals surface area contributed by atoms with Crippen LogP contribution in [0.25, 0.3) is 22.2 Å². The van der Waals surface area contributed by atoms with Gasteiger partial charge < -0.3 is 9.72 Å². The van der Waals surface area contributed by atoms with E-state index in [0.29, 0.717) is 12.5 Å². The van der Waals surface area contributed by atoms with Crippen molar-refractivity contribution in [1.29, 1.82) is 0 Å². The first-order valence-corrected chi connectivity index (χ1v) is 5.75. The fourth-order valence-corrected chi connectivity index (χ4v) is 1.91. The van der Waals surface area contributed by atoms with Crippen molar-refractivity contribution in [3.8, 4) is 17.0 Å². The first-order valence-electron chi connectivity index (χ1n) is 5.75. The maximum absolute atomic E-state index is 5.54. The van der Waals surface area contributed by atoms with E-state index in [9.17, 15) is 0 Å². The molecule has 90 valence electrons. The number of hydrogen-bond donors (Lipinski definition) is 1. The smallest absolute Gasteiger partial charge is 0.221 e. The van der Waals surface area contributed by atoms with E-state index in [1.165, 1.54) is 0 Å². The summed E-state index contributed by atoms with van der Waals surface area (Å²) in [7, 11) is 0. The van der Waals surface area contributed by atoms with Crippen LogP contribution >= 0.6 is 0 Å². The standard InChI is InChI=1S/C13H12N4O/c1-2-18-13-9(4-3-5-15-13)10-6-14-7-11-12(10)17-8-16-11/h3-8H,2H2,1H3,(H,16,17). The molecule has 0 aromatic carbocycles. The Kier molecular flexibility index (Phi) is 2.64. The highest BCUT2D eigenvalue weighted by atomic mass is 16.5. The van der Waals surface area contributed by atoms with Gasteiger partial charge in [-0.2, -0.15) is 0 Å². The van der Waals surface area contributed by atoms with E-state index in [-0.39, 0.29) is 0 Å². The molecule has 0 amide bonds. The van der Waals surface area contributed by atoms with Crippen molar-refractivity contribution in [2.45, 2.75) is 6.92 Å². The summed E-state index contributed by atoms with van der Waals surface area (Å²) >= 11 is 0. The van der Waals surface area contributed by atoms with Gasteiger partial charge in [-0.05, 0) is 19.1 Å². The number of ether oxygens (including phenoxy) is 1. The molecule has 0 radical (unpaired) electrons. The average Bonchev–Trinajstić information content (AvgIpc) is 2.88. The van der Waals surface area contributed by atoms with Gasteiger partial charge in [0.15, 0.2) is 0 Å². The Hall–Kier alpha value is -2.43. The lowest BCUT2D eigenvalue weighted by atomic mass is 10.1. The van der Waals surface area contributed by atoms with Gasteiger partial charge in [0.05, 0.1) is 30.2 Å². The quantitative estimate of drug-likeness (QED) is 0.763. The molecule has 0 aliphatic rings. The normalized spacial score (nSPS) is 10.7. The van der Waals surface area contributed by atoms with E-state index in [0.717, 1.165) is 22.2 Å². The van der Waals surface area contributed by atoms with Crippen LogP contribution in [0.1, 0.15) is 6.92 Å². The van der Waals surface area contributed by atoms with Crippen molar-refractivity contribution in [3.63, 3.8) is 0 Å². The Morgan fingerprint density at radius 2 is 2.17 bits per heavy atom. The van der Waals surface area contributed by atoms with Gasteiger partial charge in [-0.1, -0.05) is 0 Å². The molecule has 0 unspecified atom stereocenters. The van der Waals surface area contributed by atoms with Crippen molar-refractivity contribution in [2.24, 2.45) is 0 Å². The second-order valence-electron chi connectivity index (χ2n) is 3.77. The predicted molar refractivity (Wildman–Crippen MR) is 68.3 cm³/mol. The largest absolute Gasteiger partial charge is 0.478 e. The molecule has 3 aromatic rings. The van der Waals surface area contributed by atoms with E-state index >= 15 is 0 Å². The highest BCUT2D eigenvalue weighted by Crippen LogP contribution is 2.31. The number of aromatic nitrogens is 4. The van der Waals surface area contributed by atoms with Crippen LogP contribution in [0.5, 0.6) is 5.88 Å². The molecule has 0 saturated carbocycles. The van der Waals surface area contributed by atoms with Gasteiger partial charge in [0, 0.05) is 23.5 Å². The number of pyridine rings is 2. The highest BCUT2D eigenvalue weighted by molar-refractivity contribution is 5.91. The molecule has 5 nitrogen and oxygen atoms in total. The molecule has 0 fully saturated rings. The zero-order chi connectivity index (χ0) is 12.4. The summed E-state index contributed by atoms with van der Waals surface area (Å²) in [6.45, 7) is 2.51. The molecule has 0 aliphatic heterocycles. The maximum Gasteiger partial charge on any atom is 0.221 e. The zero-order valence-electron chi connectivity index (χ0n) is 9.92. The first-order chi connectivity index (χ1) is 8.90. The third-order valence-corrected chi connectivity index (χ3v) is 2.67. The summed E-state index contributed by atoms with van der Waals surface area (Å²) < 4.78 is 5.54. The number of aromatic amines is 1. The van der Waals surface area contributed by atoms with Crippen LogP contribution in [-0.4, -0.2) is 26.5 Å². The Morgan fingerprint density at radius 1 is 1.22 bits per heavy atom. The number of H-pyrrole nitrogens is 1. The van der Waals surface area contributed by atoms with Crippen LogP contribution in [0.3, 0.4) is 0 Å². The van der Waals surface area contributed by atoms with E-state index in [2.05, 4.69) is 19.9 Å². The summed E-state index contributed by atoms with van der Waals surface area (Å²) in [6, 6.07) is 3.84. The van der Waals surface area contributed by atoms with Crippen molar-refractivity contribution in [3.05, 3.63) is 37.1 Å². The van der Waals surface area contributed by atoms with Gasteiger partial charge in [-0.15, -0.1) is 0 Å². The molecule has 3 heterocycles. The van der Waals surface area contributed by atoms with Crippen molar-refractivity contribution in [1.82, 2.24) is 19.9 Å². The molecule has 0 bridgehead atoms. The maximum atomic E-state index is 5.54. The molecule has 0 atom stereocenters. The fourth-order valence-electron chi connectivity index (χ4n) is 1.91. The van der Waals surface area contributed by atoms with Crippen LogP contribution < -0.4 is 4.74 Å². The molecule has 3 rings (SSSR count). The molecule has 0 spiro atoms. The average molecular weight is 240 g/mol. The molecular formula is C13H12N4O. The molecule has 0 aliphatic carbocycles. The second-order valence-corrected chi connectivity index (χ2v) is 3.77. The van der Waals surface area contributed by atoms with Crippen LogP contribution in [0, 0.1) is 0 Å². The first kappa shape index (κ1) is 10.7. The van der Waals surface area contributed by atoms with Gasteiger partial charge in [-0.3, -0.25) is 4.98 Å². The topological polar surface area (TPSA) is 63.7 Å². The lowest BCUT2D eigenvalue weighted by Gasteiger charge is -2.08. The summed E-state index contributed by atoms with van der Waals surface area (Å²) in [6.07, 6.45) is 6.91. The van der Waals surface area contributed by atoms with Crippen LogP contribution in [0.2, 0.25) is 0 Å². The Labute approximate surface area is 104 Å². The molecule has 18 heavy (non-hydrogen) atoms. The van der Waals surface area contributed by atoms with E-state index < -0.39 is 0 Å². The SMILES string of the molecule is CCOc1ncccc1-c1cncc2[nH]cnc12. The minimum atomic E-state index is 0.577. The van der Waals surface area contributed by atoms with E-state index in [1.54, 1.807) is 24.9 Å². The van der Waals surface area contributed by atoms with Gasteiger partial charge in [0.2, 0.25) is 5.88 Å². The molecule has 0 saturated heterocycles. The molecular weight excluding hydrogens is 228 g/mol. The monoisotopic (exact) mass is 240 g/mol. The van der Waals surface area contributed by atoms with E-state index in [4.69, 9.17) is 4.74 Å². The van der Waals surface area contributed by atoms with Crippen molar-refractivity contribution in [2.75, 3.05) is 6.61 Å². The Bertz CT molecular complexity index is 677. The number of rotatable bonds is 3. The number of nitrogens with zero attached hydrogens (tertiary/aromatic N) is 3. The number of hydrogen-bond acceptors (Lipinski definition) is 4. The van der Waals surface area contributed by atoms with Crippen LogP contribution in [-0.2, 0) is 0 Å². The van der Waals surface area contributed by atoms with Crippen LogP contribution in [0.4, 0.5) is 0 Å². The lowest BCUT2D eigenvalue weighted by Crippen LogP contribution is -1.97. The van der Waals surface area contributed by atoms with Gasteiger partial charge >= 0.3 is 0 Å². The van der Waals surface area contributed by atoms with Crippen molar-refractivity contribution < 1.29 is 4.74 Å².